The summed E-state index contributed by atoms with van der Waals surface area (Å²) in [4.78, 5) is 8.51. The number of hydrogen-bond acceptors (Lipinski definition) is 4. The molecule has 0 fully saturated rings. The van der Waals surface area contributed by atoms with Crippen molar-refractivity contribution in [2.75, 3.05) is 5.73 Å². The first-order valence-corrected chi connectivity index (χ1v) is 8.67. The quantitative estimate of drug-likeness (QED) is 0.778. The van der Waals surface area contributed by atoms with Crippen molar-refractivity contribution in [3.8, 4) is 17.3 Å². The topological polar surface area (TPSA) is 80.5 Å². The van der Waals surface area contributed by atoms with Crippen LogP contribution in [0, 0.1) is 11.3 Å². The maximum atomic E-state index is 13.8. The molecule has 1 aliphatic rings. The number of hydrogen-bond donors (Lipinski definition) is 1. The van der Waals surface area contributed by atoms with Crippen LogP contribution < -0.4 is 5.73 Å². The first kappa shape index (κ1) is 18.1. The van der Waals surface area contributed by atoms with E-state index in [9.17, 15) is 8.78 Å². The van der Waals surface area contributed by atoms with Crippen LogP contribution in [0.4, 0.5) is 14.6 Å². The fraction of sp³-hybridized carbons (Fsp3) is 0.421. The van der Waals surface area contributed by atoms with Gasteiger partial charge < -0.3 is 10.3 Å². The minimum Gasteiger partial charge on any atom is -0.383 e. The van der Waals surface area contributed by atoms with E-state index >= 15 is 0 Å². The molecule has 1 atom stereocenters. The minimum absolute atomic E-state index is 0.268. The van der Waals surface area contributed by atoms with Crippen molar-refractivity contribution >= 4 is 5.82 Å². The fourth-order valence-corrected chi connectivity index (χ4v) is 3.08. The predicted octanol–water partition coefficient (Wildman–Crippen LogP) is 4.38. The summed E-state index contributed by atoms with van der Waals surface area (Å²) in [6, 6.07) is 2.46. The molecular weight excluding hydrogens is 336 g/mol. The van der Waals surface area contributed by atoms with E-state index in [0.29, 0.717) is 11.3 Å². The largest absolute Gasteiger partial charge is 0.383 e. The van der Waals surface area contributed by atoms with E-state index in [4.69, 9.17) is 11.0 Å². The Kier molecular flexibility index (Phi) is 4.77. The third-order valence-corrected chi connectivity index (χ3v) is 4.78. The van der Waals surface area contributed by atoms with Gasteiger partial charge in [-0.25, -0.2) is 9.97 Å². The summed E-state index contributed by atoms with van der Waals surface area (Å²) in [7, 11) is 0. The van der Waals surface area contributed by atoms with Gasteiger partial charge in [0.15, 0.2) is 0 Å². The number of nitrogens with zero attached hydrogens (tertiary/aromatic N) is 4. The molecule has 2 aromatic heterocycles. The highest BCUT2D eigenvalue weighted by Crippen LogP contribution is 2.36. The SMILES string of the molecule is CCCCc1nc(-c2cnc(N)c(C(F)(F)C#N)c2)cn1C1CC=C1C. The average Bonchev–Trinajstić information content (AvgIpc) is 3.02. The van der Waals surface area contributed by atoms with Gasteiger partial charge in [0.2, 0.25) is 0 Å². The highest BCUT2D eigenvalue weighted by Gasteiger charge is 2.35. The zero-order chi connectivity index (χ0) is 18.9. The van der Waals surface area contributed by atoms with E-state index in [2.05, 4.69) is 34.5 Å². The van der Waals surface area contributed by atoms with Gasteiger partial charge in [-0.15, -0.1) is 0 Å². The van der Waals surface area contributed by atoms with Crippen LogP contribution in [0.2, 0.25) is 0 Å². The number of pyridine rings is 1. The number of allylic oxidation sites excluding steroid dienone is 2. The van der Waals surface area contributed by atoms with Crippen LogP contribution in [0.25, 0.3) is 11.3 Å². The number of aromatic nitrogens is 3. The van der Waals surface area contributed by atoms with E-state index in [-0.39, 0.29) is 11.9 Å². The van der Waals surface area contributed by atoms with Crippen molar-refractivity contribution in [2.45, 2.75) is 51.5 Å². The van der Waals surface area contributed by atoms with Crippen molar-refractivity contribution in [3.05, 3.63) is 41.5 Å². The third-order valence-electron chi connectivity index (χ3n) is 4.78. The van der Waals surface area contributed by atoms with Crippen LogP contribution >= 0.6 is 0 Å². The monoisotopic (exact) mass is 357 g/mol. The number of anilines is 1. The number of nitrogens with two attached hydrogens (primary N) is 1. The summed E-state index contributed by atoms with van der Waals surface area (Å²) in [5.41, 5.74) is 7.25. The Bertz CT molecular complexity index is 892. The van der Waals surface area contributed by atoms with Gasteiger partial charge in [-0.05, 0) is 25.8 Å². The van der Waals surface area contributed by atoms with Crippen LogP contribution in [-0.4, -0.2) is 14.5 Å². The highest BCUT2D eigenvalue weighted by molar-refractivity contribution is 5.63. The number of imidazole rings is 1. The first-order chi connectivity index (χ1) is 12.4. The lowest BCUT2D eigenvalue weighted by Gasteiger charge is -2.27. The number of alkyl halides is 2. The molecule has 0 amide bonds. The van der Waals surface area contributed by atoms with Crippen molar-refractivity contribution < 1.29 is 8.78 Å². The number of rotatable bonds is 6. The average molecular weight is 357 g/mol. The standard InChI is InChI=1S/C19H21F2N5/c1-3-4-5-17-25-15(10-26(17)16-7-6-12(16)2)13-8-14(18(23)24-9-13)19(20,21)11-22/h6,8-10,16H,3-5,7H2,1-2H3,(H2,23,24). The molecule has 0 aliphatic heterocycles. The van der Waals surface area contributed by atoms with Crippen LogP contribution in [0.1, 0.15) is 50.5 Å². The number of halogens is 2. The predicted molar refractivity (Wildman–Crippen MR) is 95.4 cm³/mol. The Balaban J connectivity index is 2.03. The molecule has 3 rings (SSSR count). The molecule has 0 saturated carbocycles. The van der Waals surface area contributed by atoms with Crippen molar-refractivity contribution in [3.63, 3.8) is 0 Å². The molecule has 0 spiro atoms. The van der Waals surface area contributed by atoms with Gasteiger partial charge in [0.1, 0.15) is 17.7 Å². The van der Waals surface area contributed by atoms with Crippen molar-refractivity contribution in [1.29, 1.82) is 5.26 Å². The Hall–Kier alpha value is -2.75. The molecule has 5 nitrogen and oxygen atoms in total. The summed E-state index contributed by atoms with van der Waals surface area (Å²) in [6.07, 6.45) is 9.29. The Morgan fingerprint density at radius 2 is 2.23 bits per heavy atom. The number of unbranched alkanes of at least 4 members (excludes halogenated alkanes) is 1. The molecule has 0 saturated heterocycles. The zero-order valence-electron chi connectivity index (χ0n) is 14.8. The molecule has 26 heavy (non-hydrogen) atoms. The summed E-state index contributed by atoms with van der Waals surface area (Å²) in [6.45, 7) is 4.19. The molecule has 2 N–H and O–H groups in total. The van der Waals surface area contributed by atoms with E-state index in [1.54, 1.807) is 0 Å². The second-order valence-corrected chi connectivity index (χ2v) is 6.60. The summed E-state index contributed by atoms with van der Waals surface area (Å²) >= 11 is 0. The van der Waals surface area contributed by atoms with Crippen molar-refractivity contribution in [1.82, 2.24) is 14.5 Å². The molecule has 1 aliphatic carbocycles. The van der Waals surface area contributed by atoms with Gasteiger partial charge in [-0.3, -0.25) is 0 Å². The third kappa shape index (κ3) is 3.19. The van der Waals surface area contributed by atoms with Crippen LogP contribution in [0.3, 0.4) is 0 Å². The van der Waals surface area contributed by atoms with Gasteiger partial charge in [0, 0.05) is 24.4 Å². The van der Waals surface area contributed by atoms with E-state index < -0.39 is 11.5 Å². The summed E-state index contributed by atoms with van der Waals surface area (Å²) < 4.78 is 29.8. The second kappa shape index (κ2) is 6.87. The molecule has 2 aromatic rings. The lowest BCUT2D eigenvalue weighted by atomic mass is 9.93. The molecular formula is C19H21F2N5. The van der Waals surface area contributed by atoms with Gasteiger partial charge in [0.25, 0.3) is 0 Å². The molecule has 0 aromatic carbocycles. The van der Waals surface area contributed by atoms with Crippen LogP contribution in [0.15, 0.2) is 30.1 Å². The maximum absolute atomic E-state index is 13.8. The van der Waals surface area contributed by atoms with Gasteiger partial charge in [-0.2, -0.15) is 14.0 Å². The highest BCUT2D eigenvalue weighted by atomic mass is 19.3. The lowest BCUT2D eigenvalue weighted by Crippen LogP contribution is -2.18. The van der Waals surface area contributed by atoms with Crippen molar-refractivity contribution in [2.24, 2.45) is 0 Å². The number of aryl methyl sites for hydroxylation is 1. The van der Waals surface area contributed by atoms with E-state index in [0.717, 1.165) is 37.6 Å². The fourth-order valence-electron chi connectivity index (χ4n) is 3.08. The van der Waals surface area contributed by atoms with E-state index in [1.807, 2.05) is 6.20 Å². The molecule has 0 bridgehead atoms. The lowest BCUT2D eigenvalue weighted by molar-refractivity contribution is 0.0619. The summed E-state index contributed by atoms with van der Waals surface area (Å²) in [5.74, 6) is -3.10. The molecule has 0 radical (unpaired) electrons. The first-order valence-electron chi connectivity index (χ1n) is 8.67. The Morgan fingerprint density at radius 1 is 1.46 bits per heavy atom. The van der Waals surface area contributed by atoms with Crippen LogP contribution in [-0.2, 0) is 12.3 Å². The second-order valence-electron chi connectivity index (χ2n) is 6.60. The smallest absolute Gasteiger partial charge is 0.360 e. The Morgan fingerprint density at radius 3 is 2.81 bits per heavy atom. The maximum Gasteiger partial charge on any atom is 0.360 e. The normalized spacial score (nSPS) is 16.7. The van der Waals surface area contributed by atoms with Crippen LogP contribution in [0.5, 0.6) is 0 Å². The number of nitrogen functional groups attached to an aromatic ring is 1. The zero-order valence-corrected chi connectivity index (χ0v) is 14.8. The summed E-state index contributed by atoms with van der Waals surface area (Å²) in [5, 5.41) is 8.71. The Labute approximate surface area is 151 Å². The molecule has 1 unspecified atom stereocenters. The van der Waals surface area contributed by atoms with Gasteiger partial charge >= 0.3 is 5.92 Å². The number of nitriles is 1. The molecule has 136 valence electrons. The molecule has 7 heteroatoms. The van der Waals surface area contributed by atoms with Gasteiger partial charge in [-0.1, -0.05) is 25.0 Å². The molecule has 2 heterocycles. The van der Waals surface area contributed by atoms with Gasteiger partial charge in [0.05, 0.1) is 17.3 Å². The van der Waals surface area contributed by atoms with E-state index in [1.165, 1.54) is 17.8 Å². The minimum atomic E-state index is -3.69.